The second kappa shape index (κ2) is 10.0. The van der Waals surface area contributed by atoms with Crippen molar-refractivity contribution in [3.63, 3.8) is 0 Å². The molecule has 8 heteroatoms. The summed E-state index contributed by atoms with van der Waals surface area (Å²) < 4.78 is 5.05. The summed E-state index contributed by atoms with van der Waals surface area (Å²) >= 11 is 1.44. The molecule has 1 fully saturated rings. The highest BCUT2D eigenvalue weighted by atomic mass is 35.5. The third kappa shape index (κ3) is 4.96. The quantitative estimate of drug-likeness (QED) is 0.809. The average molecular weight is 392 g/mol. The molecule has 5 nitrogen and oxygen atoms in total. The summed E-state index contributed by atoms with van der Waals surface area (Å²) in [5, 5.41) is 5.64. The fourth-order valence-corrected chi connectivity index (χ4v) is 3.83. The van der Waals surface area contributed by atoms with Gasteiger partial charge >= 0.3 is 0 Å². The predicted octanol–water partition coefficient (Wildman–Crippen LogP) is 3.88. The zero-order valence-electron chi connectivity index (χ0n) is 13.3. The van der Waals surface area contributed by atoms with Crippen LogP contribution in [0.4, 0.5) is 0 Å². The second-order valence-corrected chi connectivity index (χ2v) is 6.62. The average Bonchev–Trinajstić information content (AvgIpc) is 3.23. The van der Waals surface area contributed by atoms with Crippen molar-refractivity contribution in [3.8, 4) is 10.6 Å². The fraction of sp³-hybridized carbons (Fsp3) is 0.500. The molecule has 2 heterocycles. The number of amides is 1. The Morgan fingerprint density at radius 2 is 2.12 bits per heavy atom. The van der Waals surface area contributed by atoms with Crippen LogP contribution in [0.3, 0.4) is 0 Å². The van der Waals surface area contributed by atoms with Crippen molar-refractivity contribution in [2.75, 3.05) is 6.54 Å². The van der Waals surface area contributed by atoms with Crippen LogP contribution in [0.15, 0.2) is 28.4 Å². The van der Waals surface area contributed by atoms with Gasteiger partial charge in [0, 0.05) is 23.5 Å². The number of thiazole rings is 1. The van der Waals surface area contributed by atoms with Crippen molar-refractivity contribution >= 4 is 42.1 Å². The highest BCUT2D eigenvalue weighted by Crippen LogP contribution is 2.27. The molecule has 2 aromatic heterocycles. The van der Waals surface area contributed by atoms with Crippen LogP contribution < -0.4 is 11.1 Å². The first-order chi connectivity index (χ1) is 10.8. The van der Waals surface area contributed by atoms with Gasteiger partial charge in [-0.1, -0.05) is 19.3 Å². The number of furan rings is 1. The first kappa shape index (κ1) is 21.0. The van der Waals surface area contributed by atoms with Crippen LogP contribution in [0.2, 0.25) is 0 Å². The Kier molecular flexibility index (Phi) is 8.76. The summed E-state index contributed by atoms with van der Waals surface area (Å²) in [6.45, 7) is 0.481. The Labute approximate surface area is 158 Å². The number of halogens is 2. The van der Waals surface area contributed by atoms with E-state index in [0.29, 0.717) is 18.2 Å². The summed E-state index contributed by atoms with van der Waals surface area (Å²) in [5.74, 6) is 0.363. The molecule has 1 atom stereocenters. The van der Waals surface area contributed by atoms with Crippen LogP contribution >= 0.6 is 36.2 Å². The van der Waals surface area contributed by atoms with E-state index in [2.05, 4.69) is 10.3 Å². The lowest BCUT2D eigenvalue weighted by Gasteiger charge is -2.29. The zero-order chi connectivity index (χ0) is 15.4. The third-order valence-corrected chi connectivity index (χ3v) is 5.19. The van der Waals surface area contributed by atoms with Crippen LogP contribution in [0.25, 0.3) is 10.6 Å². The van der Waals surface area contributed by atoms with E-state index < -0.39 is 0 Å². The lowest BCUT2D eigenvalue weighted by atomic mass is 9.84. The largest absolute Gasteiger partial charge is 0.472 e. The van der Waals surface area contributed by atoms with E-state index in [-0.39, 0.29) is 36.8 Å². The lowest BCUT2D eigenvalue weighted by molar-refractivity contribution is 0.0911. The molecule has 1 unspecified atom stereocenters. The normalized spacial score (nSPS) is 15.9. The maximum Gasteiger partial charge on any atom is 0.271 e. The molecule has 3 rings (SSSR count). The van der Waals surface area contributed by atoms with E-state index in [1.807, 2.05) is 6.07 Å². The molecule has 0 bridgehead atoms. The van der Waals surface area contributed by atoms with E-state index in [1.54, 1.807) is 17.9 Å². The molecule has 1 aliphatic carbocycles. The Bertz CT molecular complexity index is 613. The van der Waals surface area contributed by atoms with Crippen LogP contribution in [0.1, 0.15) is 42.6 Å². The number of aromatic nitrogens is 1. The van der Waals surface area contributed by atoms with Gasteiger partial charge in [0.1, 0.15) is 17.0 Å². The fourth-order valence-electron chi connectivity index (χ4n) is 3.04. The molecule has 1 saturated carbocycles. The number of carbonyl (C=O) groups is 1. The predicted molar refractivity (Wildman–Crippen MR) is 101 cm³/mol. The zero-order valence-corrected chi connectivity index (χ0v) is 15.7. The van der Waals surface area contributed by atoms with Crippen molar-refractivity contribution < 1.29 is 9.21 Å². The molecule has 2 aromatic rings. The molecule has 3 N–H and O–H groups in total. The van der Waals surface area contributed by atoms with Crippen LogP contribution in [0.5, 0.6) is 0 Å². The number of hydrogen-bond donors (Lipinski definition) is 2. The summed E-state index contributed by atoms with van der Waals surface area (Å²) in [5.41, 5.74) is 7.22. The summed E-state index contributed by atoms with van der Waals surface area (Å²) in [4.78, 5) is 16.8. The summed E-state index contributed by atoms with van der Waals surface area (Å²) in [6.07, 6.45) is 9.30. The minimum Gasteiger partial charge on any atom is -0.472 e. The van der Waals surface area contributed by atoms with Crippen molar-refractivity contribution in [1.29, 1.82) is 0 Å². The Morgan fingerprint density at radius 1 is 1.38 bits per heavy atom. The molecule has 1 amide bonds. The highest BCUT2D eigenvalue weighted by Gasteiger charge is 2.25. The smallest absolute Gasteiger partial charge is 0.271 e. The van der Waals surface area contributed by atoms with Crippen molar-refractivity contribution in [2.45, 2.75) is 38.1 Å². The Hall–Kier alpha value is -1.08. The van der Waals surface area contributed by atoms with Crippen LogP contribution in [-0.4, -0.2) is 23.5 Å². The number of carbonyl (C=O) groups excluding carboxylic acids is 1. The lowest BCUT2D eigenvalue weighted by Crippen LogP contribution is -2.46. The maximum absolute atomic E-state index is 12.4. The van der Waals surface area contributed by atoms with Gasteiger partial charge in [0.25, 0.3) is 5.91 Å². The number of nitrogens with one attached hydrogen (secondary N) is 1. The van der Waals surface area contributed by atoms with E-state index >= 15 is 0 Å². The van der Waals surface area contributed by atoms with Crippen molar-refractivity contribution in [2.24, 2.45) is 11.7 Å². The molecule has 0 aliphatic heterocycles. The first-order valence-corrected chi connectivity index (χ1v) is 8.65. The molecule has 134 valence electrons. The molecule has 1 aliphatic rings. The molecule has 0 radical (unpaired) electrons. The number of nitrogens with zero attached hydrogens (tertiary/aromatic N) is 1. The molecular weight excluding hydrogens is 369 g/mol. The van der Waals surface area contributed by atoms with Crippen molar-refractivity contribution in [3.05, 3.63) is 29.7 Å². The summed E-state index contributed by atoms with van der Waals surface area (Å²) in [6, 6.07) is 1.89. The first-order valence-electron chi connectivity index (χ1n) is 7.77. The standard InChI is InChI=1S/C16H21N3O2S.2ClH/c17-8-13(11-4-2-1-3-5-11)18-15(20)14-10-22-16(19-14)12-6-7-21-9-12;;/h6-7,9-11,13H,1-5,8,17H2,(H,18,20);2*1H. The molecule has 0 spiro atoms. The number of nitrogens with two attached hydrogens (primary N) is 1. The molecule has 0 aromatic carbocycles. The van der Waals surface area contributed by atoms with Crippen molar-refractivity contribution in [1.82, 2.24) is 10.3 Å². The number of hydrogen-bond acceptors (Lipinski definition) is 5. The van der Waals surface area contributed by atoms with E-state index in [1.165, 1.54) is 30.6 Å². The molecular formula is C16H23Cl2N3O2S. The van der Waals surface area contributed by atoms with Gasteiger partial charge in [0.15, 0.2) is 0 Å². The van der Waals surface area contributed by atoms with Gasteiger partial charge in [0.2, 0.25) is 0 Å². The van der Waals surface area contributed by atoms with Crippen LogP contribution in [-0.2, 0) is 0 Å². The maximum atomic E-state index is 12.4. The van der Waals surface area contributed by atoms with Gasteiger partial charge in [0.05, 0.1) is 6.26 Å². The van der Waals surface area contributed by atoms with Gasteiger partial charge in [-0.15, -0.1) is 36.2 Å². The van der Waals surface area contributed by atoms with E-state index in [0.717, 1.165) is 23.4 Å². The Morgan fingerprint density at radius 3 is 2.75 bits per heavy atom. The minimum atomic E-state index is -0.132. The molecule has 24 heavy (non-hydrogen) atoms. The van der Waals surface area contributed by atoms with Gasteiger partial charge in [-0.05, 0) is 24.8 Å². The van der Waals surface area contributed by atoms with E-state index in [4.69, 9.17) is 10.2 Å². The van der Waals surface area contributed by atoms with Gasteiger partial charge in [-0.2, -0.15) is 0 Å². The monoisotopic (exact) mass is 391 g/mol. The topological polar surface area (TPSA) is 81.1 Å². The number of rotatable bonds is 5. The summed E-state index contributed by atoms with van der Waals surface area (Å²) in [7, 11) is 0. The van der Waals surface area contributed by atoms with Gasteiger partial charge in [-0.3, -0.25) is 4.79 Å². The van der Waals surface area contributed by atoms with E-state index in [9.17, 15) is 4.79 Å². The third-order valence-electron chi connectivity index (χ3n) is 4.29. The Balaban J connectivity index is 0.00000144. The SMILES string of the molecule is Cl.Cl.NCC(NC(=O)c1csc(-c2ccoc2)n1)C1CCCCC1. The highest BCUT2D eigenvalue weighted by molar-refractivity contribution is 7.13. The minimum absolute atomic E-state index is 0. The van der Waals surface area contributed by atoms with Gasteiger partial charge < -0.3 is 15.5 Å². The second-order valence-electron chi connectivity index (χ2n) is 5.76. The van der Waals surface area contributed by atoms with Crippen LogP contribution in [0, 0.1) is 5.92 Å². The van der Waals surface area contributed by atoms with Gasteiger partial charge in [-0.25, -0.2) is 4.98 Å². The molecule has 0 saturated heterocycles.